The standard InChI is InChI=1S/C9H19ClN2.ClH/c1-2-11-6-8-12(9-7-11)5-3-4-10;/h2-9H2,1H3;1H. The van der Waals surface area contributed by atoms with E-state index in [1.165, 1.54) is 39.3 Å². The maximum absolute atomic E-state index is 5.64. The first-order valence-corrected chi connectivity index (χ1v) is 5.41. The molecule has 0 radical (unpaired) electrons. The van der Waals surface area contributed by atoms with E-state index >= 15 is 0 Å². The summed E-state index contributed by atoms with van der Waals surface area (Å²) in [5, 5.41) is 0. The molecule has 0 aliphatic carbocycles. The topological polar surface area (TPSA) is 6.48 Å². The van der Waals surface area contributed by atoms with E-state index in [1.807, 2.05) is 0 Å². The molecule has 0 atom stereocenters. The highest BCUT2D eigenvalue weighted by Crippen LogP contribution is 2.01. The maximum Gasteiger partial charge on any atom is 0.0235 e. The van der Waals surface area contributed by atoms with Crippen molar-refractivity contribution in [3.63, 3.8) is 0 Å². The van der Waals surface area contributed by atoms with Gasteiger partial charge in [-0.25, -0.2) is 0 Å². The molecule has 0 aromatic heterocycles. The van der Waals surface area contributed by atoms with Gasteiger partial charge in [0.1, 0.15) is 0 Å². The average molecular weight is 227 g/mol. The van der Waals surface area contributed by atoms with Gasteiger partial charge < -0.3 is 9.80 Å². The second kappa shape index (κ2) is 7.86. The lowest BCUT2D eigenvalue weighted by Crippen LogP contribution is -2.46. The Balaban J connectivity index is 0.00000144. The van der Waals surface area contributed by atoms with Crippen molar-refractivity contribution in [2.75, 3.05) is 45.1 Å². The molecular formula is C9H20Cl2N2. The molecule has 0 spiro atoms. The summed E-state index contributed by atoms with van der Waals surface area (Å²) in [5.41, 5.74) is 0. The molecule has 0 unspecified atom stereocenters. The van der Waals surface area contributed by atoms with Gasteiger partial charge in [0.2, 0.25) is 0 Å². The van der Waals surface area contributed by atoms with E-state index < -0.39 is 0 Å². The molecular weight excluding hydrogens is 207 g/mol. The number of hydrogen-bond donors (Lipinski definition) is 0. The summed E-state index contributed by atoms with van der Waals surface area (Å²) in [6.07, 6.45) is 1.13. The molecule has 0 bridgehead atoms. The monoisotopic (exact) mass is 226 g/mol. The lowest BCUT2D eigenvalue weighted by molar-refractivity contribution is 0.138. The largest absolute Gasteiger partial charge is 0.301 e. The quantitative estimate of drug-likeness (QED) is 0.674. The Morgan fingerprint density at radius 2 is 1.62 bits per heavy atom. The van der Waals surface area contributed by atoms with Crippen molar-refractivity contribution in [2.24, 2.45) is 0 Å². The number of nitrogens with zero attached hydrogens (tertiary/aromatic N) is 2. The summed E-state index contributed by atoms with van der Waals surface area (Å²) >= 11 is 5.64. The zero-order valence-corrected chi connectivity index (χ0v) is 9.91. The predicted molar refractivity (Wildman–Crippen MR) is 61.1 cm³/mol. The van der Waals surface area contributed by atoms with E-state index in [0.717, 1.165) is 12.3 Å². The van der Waals surface area contributed by atoms with Gasteiger partial charge in [-0.05, 0) is 19.5 Å². The first kappa shape index (κ1) is 13.5. The van der Waals surface area contributed by atoms with Gasteiger partial charge in [-0.1, -0.05) is 6.92 Å². The summed E-state index contributed by atoms with van der Waals surface area (Å²) in [6.45, 7) is 9.53. The minimum absolute atomic E-state index is 0. The molecule has 0 amide bonds. The summed E-state index contributed by atoms with van der Waals surface area (Å²) in [5.74, 6) is 0.800. The fourth-order valence-electron chi connectivity index (χ4n) is 1.61. The van der Waals surface area contributed by atoms with Crippen LogP contribution in [-0.2, 0) is 0 Å². The SMILES string of the molecule is CCN1CCN(CCCCl)CC1.Cl. The van der Waals surface area contributed by atoms with Crippen LogP contribution in [0.3, 0.4) is 0 Å². The molecule has 13 heavy (non-hydrogen) atoms. The van der Waals surface area contributed by atoms with Gasteiger partial charge in [0, 0.05) is 32.1 Å². The zero-order valence-electron chi connectivity index (χ0n) is 8.34. The van der Waals surface area contributed by atoms with Crippen LogP contribution < -0.4 is 0 Å². The predicted octanol–water partition coefficient (Wildman–Crippen LogP) is 1.67. The van der Waals surface area contributed by atoms with Crippen molar-refractivity contribution in [1.82, 2.24) is 9.80 Å². The van der Waals surface area contributed by atoms with Gasteiger partial charge in [-0.3, -0.25) is 0 Å². The highest BCUT2D eigenvalue weighted by molar-refractivity contribution is 6.17. The van der Waals surface area contributed by atoms with Crippen LogP contribution in [0.1, 0.15) is 13.3 Å². The zero-order chi connectivity index (χ0) is 8.81. The van der Waals surface area contributed by atoms with Gasteiger partial charge in [0.05, 0.1) is 0 Å². The molecule has 0 aromatic rings. The lowest BCUT2D eigenvalue weighted by atomic mass is 10.3. The lowest BCUT2D eigenvalue weighted by Gasteiger charge is -2.33. The van der Waals surface area contributed by atoms with Gasteiger partial charge in [0.15, 0.2) is 0 Å². The van der Waals surface area contributed by atoms with Crippen molar-refractivity contribution in [2.45, 2.75) is 13.3 Å². The van der Waals surface area contributed by atoms with E-state index in [9.17, 15) is 0 Å². The molecule has 1 heterocycles. The smallest absolute Gasteiger partial charge is 0.0235 e. The second-order valence-corrected chi connectivity index (χ2v) is 3.70. The Kier molecular flexibility index (Phi) is 8.17. The van der Waals surface area contributed by atoms with E-state index in [0.29, 0.717) is 0 Å². The molecule has 2 nitrogen and oxygen atoms in total. The fourth-order valence-corrected chi connectivity index (χ4v) is 1.73. The second-order valence-electron chi connectivity index (χ2n) is 3.32. The third-order valence-corrected chi connectivity index (χ3v) is 2.79. The number of rotatable bonds is 4. The van der Waals surface area contributed by atoms with Crippen LogP contribution in [0.15, 0.2) is 0 Å². The Morgan fingerprint density at radius 3 is 2.08 bits per heavy atom. The Labute approximate surface area is 92.6 Å². The maximum atomic E-state index is 5.64. The molecule has 1 fully saturated rings. The highest BCUT2D eigenvalue weighted by atomic mass is 35.5. The molecule has 0 N–H and O–H groups in total. The van der Waals surface area contributed by atoms with Gasteiger partial charge in [0.25, 0.3) is 0 Å². The van der Waals surface area contributed by atoms with Crippen molar-refractivity contribution in [1.29, 1.82) is 0 Å². The normalized spacial score (nSPS) is 19.8. The van der Waals surface area contributed by atoms with Crippen LogP contribution >= 0.6 is 24.0 Å². The van der Waals surface area contributed by atoms with Gasteiger partial charge in [-0.2, -0.15) is 0 Å². The number of likely N-dealkylation sites (N-methyl/N-ethyl adjacent to an activating group) is 1. The summed E-state index contributed by atoms with van der Waals surface area (Å²) in [7, 11) is 0. The number of alkyl halides is 1. The first-order valence-electron chi connectivity index (χ1n) is 4.87. The number of hydrogen-bond acceptors (Lipinski definition) is 2. The van der Waals surface area contributed by atoms with Crippen molar-refractivity contribution < 1.29 is 0 Å². The molecule has 1 aliphatic rings. The first-order chi connectivity index (χ1) is 5.86. The third-order valence-electron chi connectivity index (χ3n) is 2.52. The molecule has 4 heteroatoms. The molecule has 0 aromatic carbocycles. The Bertz CT molecular complexity index is 114. The minimum atomic E-state index is 0. The molecule has 80 valence electrons. The minimum Gasteiger partial charge on any atom is -0.301 e. The Hall–Kier alpha value is 0.500. The Morgan fingerprint density at radius 1 is 1.08 bits per heavy atom. The highest BCUT2D eigenvalue weighted by Gasteiger charge is 2.13. The van der Waals surface area contributed by atoms with Crippen LogP contribution in [0.25, 0.3) is 0 Å². The third kappa shape index (κ3) is 5.06. The van der Waals surface area contributed by atoms with E-state index in [4.69, 9.17) is 11.6 Å². The average Bonchev–Trinajstić information content (AvgIpc) is 2.15. The van der Waals surface area contributed by atoms with Crippen LogP contribution in [-0.4, -0.2) is 54.9 Å². The van der Waals surface area contributed by atoms with E-state index in [2.05, 4.69) is 16.7 Å². The summed E-state index contributed by atoms with van der Waals surface area (Å²) in [4.78, 5) is 5.01. The molecule has 1 rings (SSSR count). The molecule has 0 saturated carbocycles. The van der Waals surface area contributed by atoms with Crippen molar-refractivity contribution >= 4 is 24.0 Å². The van der Waals surface area contributed by atoms with Crippen LogP contribution in [0.2, 0.25) is 0 Å². The van der Waals surface area contributed by atoms with Crippen LogP contribution in [0.4, 0.5) is 0 Å². The van der Waals surface area contributed by atoms with E-state index in [-0.39, 0.29) is 12.4 Å². The van der Waals surface area contributed by atoms with Crippen molar-refractivity contribution in [3.05, 3.63) is 0 Å². The molecule has 1 saturated heterocycles. The van der Waals surface area contributed by atoms with Crippen molar-refractivity contribution in [3.8, 4) is 0 Å². The van der Waals surface area contributed by atoms with Crippen LogP contribution in [0.5, 0.6) is 0 Å². The summed E-state index contributed by atoms with van der Waals surface area (Å²) < 4.78 is 0. The summed E-state index contributed by atoms with van der Waals surface area (Å²) in [6, 6.07) is 0. The van der Waals surface area contributed by atoms with Crippen LogP contribution in [0, 0.1) is 0 Å². The van der Waals surface area contributed by atoms with Gasteiger partial charge in [-0.15, -0.1) is 24.0 Å². The molecule has 1 aliphatic heterocycles. The number of halogens is 2. The number of piperazine rings is 1. The van der Waals surface area contributed by atoms with Gasteiger partial charge >= 0.3 is 0 Å². The fraction of sp³-hybridized carbons (Fsp3) is 1.00. The van der Waals surface area contributed by atoms with E-state index in [1.54, 1.807) is 0 Å².